The van der Waals surface area contributed by atoms with Gasteiger partial charge in [-0.2, -0.15) is 39.0 Å². The molecule has 0 aliphatic carbocycles. The third-order valence-corrected chi connectivity index (χ3v) is 6.47. The summed E-state index contributed by atoms with van der Waals surface area (Å²) in [6.07, 6.45) is -9.02. The van der Waals surface area contributed by atoms with Crippen molar-refractivity contribution < 1.29 is 35.8 Å². The van der Waals surface area contributed by atoms with Gasteiger partial charge in [-0.1, -0.05) is 47.5 Å². The molecule has 0 saturated heterocycles. The molecule has 0 aliphatic rings. The predicted molar refractivity (Wildman–Crippen MR) is 148 cm³/mol. The van der Waals surface area contributed by atoms with Crippen molar-refractivity contribution in [1.82, 2.24) is 0 Å². The molecule has 0 N–H and O–H groups in total. The third-order valence-electron chi connectivity index (χ3n) is 5.14. The average molecular weight is 640 g/mol. The molecule has 0 bridgehead atoms. The van der Waals surface area contributed by atoms with Crippen LogP contribution < -0.4 is 9.47 Å². The first-order valence-corrected chi connectivity index (χ1v) is 13.2. The standard InChI is InChI=1S/C14H9Cl2F3O.C14H10ClF3OS/c15-8-9-1-3-10(4-2-9)20-11-5-6-13(16)12(7-11)14(17,18)19;15-13-6-5-11(7-12(13)14(16,17)18)19-10-3-1-9(8-20)2-4-10/h1-7H,8H2;1-7,20H,8H2. The number of hydrogen-bond acceptors (Lipinski definition) is 3. The van der Waals surface area contributed by atoms with E-state index in [1.165, 1.54) is 18.2 Å². The van der Waals surface area contributed by atoms with Crippen molar-refractivity contribution in [2.24, 2.45) is 0 Å². The van der Waals surface area contributed by atoms with Crippen LogP contribution in [0.5, 0.6) is 23.0 Å². The molecule has 212 valence electrons. The number of ether oxygens (including phenoxy) is 2. The van der Waals surface area contributed by atoms with E-state index in [-0.39, 0.29) is 21.5 Å². The highest BCUT2D eigenvalue weighted by atomic mass is 35.5. The summed E-state index contributed by atoms with van der Waals surface area (Å²) in [4.78, 5) is 0. The molecule has 0 fully saturated rings. The van der Waals surface area contributed by atoms with Gasteiger partial charge in [0.25, 0.3) is 0 Å². The lowest BCUT2D eigenvalue weighted by molar-refractivity contribution is -0.138. The van der Waals surface area contributed by atoms with Gasteiger partial charge in [0.15, 0.2) is 0 Å². The summed E-state index contributed by atoms with van der Waals surface area (Å²) < 4.78 is 87.0. The van der Waals surface area contributed by atoms with Crippen molar-refractivity contribution >= 4 is 47.4 Å². The summed E-state index contributed by atoms with van der Waals surface area (Å²) in [6, 6.07) is 20.6. The van der Waals surface area contributed by atoms with Crippen molar-refractivity contribution in [2.45, 2.75) is 24.0 Å². The van der Waals surface area contributed by atoms with Crippen LogP contribution in [0.4, 0.5) is 26.3 Å². The molecule has 0 saturated carbocycles. The van der Waals surface area contributed by atoms with Crippen LogP contribution in [0.1, 0.15) is 22.3 Å². The second-order valence-electron chi connectivity index (χ2n) is 8.06. The number of halogens is 9. The normalized spacial score (nSPS) is 11.4. The number of hydrogen-bond donors (Lipinski definition) is 1. The molecular formula is C28H19Cl3F6O2S. The maximum absolute atomic E-state index is 12.7. The zero-order chi connectivity index (χ0) is 29.5. The van der Waals surface area contributed by atoms with E-state index >= 15 is 0 Å². The van der Waals surface area contributed by atoms with E-state index in [9.17, 15) is 26.3 Å². The van der Waals surface area contributed by atoms with Gasteiger partial charge in [-0.05, 0) is 71.8 Å². The fourth-order valence-corrected chi connectivity index (χ4v) is 3.99. The molecule has 0 atom stereocenters. The van der Waals surface area contributed by atoms with Crippen LogP contribution in [-0.4, -0.2) is 0 Å². The van der Waals surface area contributed by atoms with E-state index < -0.39 is 23.5 Å². The Morgan fingerprint density at radius 2 is 0.900 bits per heavy atom. The molecule has 4 aromatic rings. The van der Waals surface area contributed by atoms with Gasteiger partial charge in [0.2, 0.25) is 0 Å². The second-order valence-corrected chi connectivity index (χ2v) is 9.46. The molecular weight excluding hydrogens is 621 g/mol. The Kier molecular flexibility index (Phi) is 10.9. The maximum Gasteiger partial charge on any atom is 0.417 e. The fourth-order valence-electron chi connectivity index (χ4n) is 3.15. The zero-order valence-corrected chi connectivity index (χ0v) is 23.3. The van der Waals surface area contributed by atoms with E-state index in [0.717, 1.165) is 29.3 Å². The van der Waals surface area contributed by atoms with Crippen LogP contribution in [0.3, 0.4) is 0 Å². The highest BCUT2D eigenvalue weighted by molar-refractivity contribution is 7.79. The molecule has 4 aromatic carbocycles. The minimum atomic E-state index is -4.51. The largest absolute Gasteiger partial charge is 0.457 e. The van der Waals surface area contributed by atoms with Crippen molar-refractivity contribution in [3.8, 4) is 23.0 Å². The first kappa shape index (κ1) is 31.8. The molecule has 0 aromatic heterocycles. The fraction of sp³-hybridized carbons (Fsp3) is 0.143. The molecule has 0 unspecified atom stereocenters. The smallest absolute Gasteiger partial charge is 0.417 e. The first-order valence-electron chi connectivity index (χ1n) is 11.2. The Bertz CT molecular complexity index is 1300. The molecule has 0 radical (unpaired) electrons. The summed E-state index contributed by atoms with van der Waals surface area (Å²) in [5.74, 6) is 1.97. The average Bonchev–Trinajstić information content (AvgIpc) is 2.91. The first-order chi connectivity index (χ1) is 18.8. The van der Waals surface area contributed by atoms with Crippen molar-refractivity contribution in [2.75, 3.05) is 0 Å². The molecule has 2 nitrogen and oxygen atoms in total. The minimum absolute atomic E-state index is 0.0698. The molecule has 12 heteroatoms. The zero-order valence-electron chi connectivity index (χ0n) is 20.2. The SMILES string of the molecule is FC(F)(F)c1cc(Oc2ccc(CCl)cc2)ccc1Cl.FC(F)(F)c1cc(Oc2ccc(CS)cc2)ccc1Cl. The monoisotopic (exact) mass is 638 g/mol. The number of thiol groups is 1. The van der Waals surface area contributed by atoms with Crippen molar-refractivity contribution in [3.05, 3.63) is 117 Å². The summed E-state index contributed by atoms with van der Waals surface area (Å²) in [7, 11) is 0. The van der Waals surface area contributed by atoms with Gasteiger partial charge in [-0.15, -0.1) is 11.6 Å². The van der Waals surface area contributed by atoms with Gasteiger partial charge in [-0.25, -0.2) is 0 Å². The topological polar surface area (TPSA) is 18.5 Å². The van der Waals surface area contributed by atoms with Crippen molar-refractivity contribution in [3.63, 3.8) is 0 Å². The van der Waals surface area contributed by atoms with E-state index in [1.807, 2.05) is 0 Å². The summed E-state index contributed by atoms with van der Waals surface area (Å²) in [5.41, 5.74) is 0.0524. The molecule has 0 heterocycles. The van der Waals surface area contributed by atoms with E-state index in [0.29, 0.717) is 23.1 Å². The van der Waals surface area contributed by atoms with Gasteiger partial charge in [0.1, 0.15) is 23.0 Å². The maximum atomic E-state index is 12.7. The number of rotatable bonds is 6. The molecule has 0 spiro atoms. The van der Waals surface area contributed by atoms with E-state index in [4.69, 9.17) is 44.3 Å². The number of benzene rings is 4. The van der Waals surface area contributed by atoms with Gasteiger partial charge in [0, 0.05) is 11.6 Å². The van der Waals surface area contributed by atoms with Gasteiger partial charge >= 0.3 is 12.4 Å². The lowest BCUT2D eigenvalue weighted by Crippen LogP contribution is -2.05. The minimum Gasteiger partial charge on any atom is -0.457 e. The van der Waals surface area contributed by atoms with Crippen LogP contribution in [0.25, 0.3) is 0 Å². The Morgan fingerprint density at radius 1 is 0.550 bits per heavy atom. The molecule has 0 aliphatic heterocycles. The Labute approximate surface area is 246 Å². The van der Waals surface area contributed by atoms with Crippen LogP contribution in [0.15, 0.2) is 84.9 Å². The Balaban J connectivity index is 0.000000220. The predicted octanol–water partition coefficient (Wildman–Crippen LogP) is 11.5. The summed E-state index contributed by atoms with van der Waals surface area (Å²) >= 11 is 20.8. The van der Waals surface area contributed by atoms with Gasteiger partial charge in [-0.3, -0.25) is 0 Å². The van der Waals surface area contributed by atoms with Crippen LogP contribution in [0, 0.1) is 0 Å². The summed E-state index contributed by atoms with van der Waals surface area (Å²) in [6.45, 7) is 0. The number of alkyl halides is 7. The summed E-state index contributed by atoms with van der Waals surface area (Å²) in [5, 5.41) is -0.711. The quantitative estimate of drug-likeness (QED) is 0.129. The lowest BCUT2D eigenvalue weighted by atomic mass is 10.2. The van der Waals surface area contributed by atoms with Crippen LogP contribution in [0.2, 0.25) is 10.0 Å². The molecule has 4 rings (SSSR count). The Morgan fingerprint density at radius 3 is 1.23 bits per heavy atom. The third kappa shape index (κ3) is 9.16. The van der Waals surface area contributed by atoms with Gasteiger partial charge in [0.05, 0.1) is 21.2 Å². The van der Waals surface area contributed by atoms with Crippen LogP contribution >= 0.6 is 47.4 Å². The Hall–Kier alpha value is -2.72. The molecule has 40 heavy (non-hydrogen) atoms. The highest BCUT2D eigenvalue weighted by Gasteiger charge is 2.34. The van der Waals surface area contributed by atoms with Crippen LogP contribution in [-0.2, 0) is 24.0 Å². The second kappa shape index (κ2) is 13.8. The van der Waals surface area contributed by atoms with E-state index in [1.54, 1.807) is 48.5 Å². The van der Waals surface area contributed by atoms with Gasteiger partial charge < -0.3 is 9.47 Å². The highest BCUT2D eigenvalue weighted by Crippen LogP contribution is 2.39. The van der Waals surface area contributed by atoms with E-state index in [2.05, 4.69) is 12.6 Å². The van der Waals surface area contributed by atoms with Crippen molar-refractivity contribution in [1.29, 1.82) is 0 Å². The molecule has 0 amide bonds. The lowest BCUT2D eigenvalue weighted by Gasteiger charge is -2.12.